The van der Waals surface area contributed by atoms with Crippen LogP contribution < -0.4 is 4.72 Å². The molecular formula is C13H18FNO4S. The third-order valence-corrected chi connectivity index (χ3v) is 4.30. The molecule has 0 aromatic heterocycles. The van der Waals surface area contributed by atoms with E-state index in [1.807, 2.05) is 0 Å². The molecule has 112 valence electrons. The minimum atomic E-state index is -3.96. The zero-order chi connectivity index (χ0) is 15.6. The molecule has 0 aliphatic carbocycles. The molecule has 1 rings (SSSR count). The number of sulfonamides is 1. The number of hydrogen-bond donors (Lipinski definition) is 2. The molecular weight excluding hydrogens is 285 g/mol. The van der Waals surface area contributed by atoms with Gasteiger partial charge in [0.2, 0.25) is 10.0 Å². The number of nitrogens with one attached hydrogen (secondary N) is 1. The molecule has 5 nitrogen and oxygen atoms in total. The van der Waals surface area contributed by atoms with E-state index in [1.165, 1.54) is 12.1 Å². The highest BCUT2D eigenvalue weighted by molar-refractivity contribution is 7.89. The minimum absolute atomic E-state index is 0.225. The van der Waals surface area contributed by atoms with Crippen molar-refractivity contribution in [2.45, 2.75) is 38.1 Å². The summed E-state index contributed by atoms with van der Waals surface area (Å²) in [6.45, 7) is 5.19. The second-order valence-electron chi connectivity index (χ2n) is 5.60. The molecule has 0 amide bonds. The molecule has 1 aromatic rings. The lowest BCUT2D eigenvalue weighted by molar-refractivity contribution is -0.138. The van der Waals surface area contributed by atoms with Gasteiger partial charge in [-0.1, -0.05) is 26.8 Å². The van der Waals surface area contributed by atoms with Crippen molar-refractivity contribution >= 4 is 16.0 Å². The van der Waals surface area contributed by atoms with Crippen molar-refractivity contribution in [2.24, 2.45) is 5.41 Å². The standard InChI is InChI=1S/C13H18FNO4S/c1-13(2,3)11(8-12(16)17)15-20(18,19)10-6-4-5-9(14)7-10/h4-7,11,15H,8H2,1-3H3,(H,16,17). The molecule has 20 heavy (non-hydrogen) atoms. The highest BCUT2D eigenvalue weighted by atomic mass is 32.2. The summed E-state index contributed by atoms with van der Waals surface area (Å²) in [4.78, 5) is 10.6. The molecule has 1 unspecified atom stereocenters. The topological polar surface area (TPSA) is 83.5 Å². The van der Waals surface area contributed by atoms with Crippen molar-refractivity contribution in [3.05, 3.63) is 30.1 Å². The zero-order valence-corrected chi connectivity index (χ0v) is 12.4. The molecule has 0 aliphatic heterocycles. The summed E-state index contributed by atoms with van der Waals surface area (Å²) in [5.41, 5.74) is -0.585. The fourth-order valence-corrected chi connectivity index (χ4v) is 3.06. The number of aliphatic carboxylic acids is 1. The van der Waals surface area contributed by atoms with Crippen LogP contribution in [0.2, 0.25) is 0 Å². The number of carbonyl (C=O) groups is 1. The number of benzene rings is 1. The maximum Gasteiger partial charge on any atom is 0.304 e. The summed E-state index contributed by atoms with van der Waals surface area (Å²) >= 11 is 0. The fraction of sp³-hybridized carbons (Fsp3) is 0.462. The van der Waals surface area contributed by atoms with Crippen LogP contribution >= 0.6 is 0 Å². The Hall–Kier alpha value is -1.47. The number of rotatable bonds is 5. The van der Waals surface area contributed by atoms with Gasteiger partial charge < -0.3 is 5.11 Å². The summed E-state index contributed by atoms with van der Waals surface area (Å²) in [5, 5.41) is 8.86. The van der Waals surface area contributed by atoms with E-state index in [1.54, 1.807) is 20.8 Å². The van der Waals surface area contributed by atoms with Crippen molar-refractivity contribution in [3.8, 4) is 0 Å². The van der Waals surface area contributed by atoms with Crippen LogP contribution in [0.4, 0.5) is 4.39 Å². The smallest absolute Gasteiger partial charge is 0.304 e. The van der Waals surface area contributed by atoms with E-state index < -0.39 is 33.3 Å². The normalized spacial score (nSPS) is 14.0. The van der Waals surface area contributed by atoms with Crippen molar-refractivity contribution in [2.75, 3.05) is 0 Å². The summed E-state index contributed by atoms with van der Waals surface area (Å²) in [6, 6.07) is 3.77. The lowest BCUT2D eigenvalue weighted by atomic mass is 9.85. The lowest BCUT2D eigenvalue weighted by Gasteiger charge is -2.30. The third-order valence-electron chi connectivity index (χ3n) is 2.83. The van der Waals surface area contributed by atoms with Crippen LogP contribution in [0.1, 0.15) is 27.2 Å². The highest BCUT2D eigenvalue weighted by Gasteiger charge is 2.31. The van der Waals surface area contributed by atoms with E-state index in [0.29, 0.717) is 0 Å². The maximum atomic E-state index is 13.1. The summed E-state index contributed by atoms with van der Waals surface area (Å²) in [6.07, 6.45) is -0.349. The van der Waals surface area contributed by atoms with Crippen molar-refractivity contribution < 1.29 is 22.7 Å². The lowest BCUT2D eigenvalue weighted by Crippen LogP contribution is -2.44. The second-order valence-corrected chi connectivity index (χ2v) is 7.31. The van der Waals surface area contributed by atoms with Crippen molar-refractivity contribution in [1.29, 1.82) is 0 Å². The Balaban J connectivity index is 3.06. The Kier molecular flexibility index (Phi) is 4.88. The van der Waals surface area contributed by atoms with Gasteiger partial charge in [-0.05, 0) is 23.6 Å². The average molecular weight is 303 g/mol. The van der Waals surface area contributed by atoms with Crippen LogP contribution in [-0.2, 0) is 14.8 Å². The van der Waals surface area contributed by atoms with E-state index >= 15 is 0 Å². The Morgan fingerprint density at radius 3 is 2.45 bits per heavy atom. The Labute approximate surface area is 117 Å². The average Bonchev–Trinajstić information content (AvgIpc) is 2.26. The van der Waals surface area contributed by atoms with Crippen LogP contribution in [0.5, 0.6) is 0 Å². The molecule has 2 N–H and O–H groups in total. The van der Waals surface area contributed by atoms with Gasteiger partial charge in [-0.25, -0.2) is 17.5 Å². The Bertz CT molecular complexity index is 593. The molecule has 0 bridgehead atoms. The fourth-order valence-electron chi connectivity index (χ4n) is 1.59. The van der Waals surface area contributed by atoms with Crippen LogP contribution in [0, 0.1) is 11.2 Å². The van der Waals surface area contributed by atoms with Crippen molar-refractivity contribution in [3.63, 3.8) is 0 Å². The highest BCUT2D eigenvalue weighted by Crippen LogP contribution is 2.24. The van der Waals surface area contributed by atoms with E-state index in [4.69, 9.17) is 5.11 Å². The summed E-state index contributed by atoms with van der Waals surface area (Å²) in [5.74, 6) is -1.77. The van der Waals surface area contributed by atoms with E-state index in [0.717, 1.165) is 12.1 Å². The molecule has 0 saturated carbocycles. The van der Waals surface area contributed by atoms with Crippen LogP contribution in [-0.4, -0.2) is 25.5 Å². The molecule has 0 aliphatic rings. The van der Waals surface area contributed by atoms with Gasteiger partial charge in [-0.3, -0.25) is 4.79 Å². The van der Waals surface area contributed by atoms with Crippen LogP contribution in [0.25, 0.3) is 0 Å². The monoisotopic (exact) mass is 303 g/mol. The quantitative estimate of drug-likeness (QED) is 0.871. The summed E-state index contributed by atoms with van der Waals surface area (Å²) < 4.78 is 39.7. The van der Waals surface area contributed by atoms with E-state index in [-0.39, 0.29) is 11.3 Å². The first-order valence-corrected chi connectivity index (χ1v) is 7.50. The van der Waals surface area contributed by atoms with Gasteiger partial charge in [0, 0.05) is 6.04 Å². The number of carboxylic acid groups (broad SMARTS) is 1. The largest absolute Gasteiger partial charge is 0.481 e. The second kappa shape index (κ2) is 5.88. The summed E-state index contributed by atoms with van der Waals surface area (Å²) in [7, 11) is -3.96. The molecule has 0 radical (unpaired) electrons. The molecule has 0 saturated heterocycles. The van der Waals surface area contributed by atoms with Gasteiger partial charge in [0.15, 0.2) is 0 Å². The zero-order valence-electron chi connectivity index (χ0n) is 11.6. The Morgan fingerprint density at radius 2 is 2.00 bits per heavy atom. The first-order valence-electron chi connectivity index (χ1n) is 6.02. The predicted molar refractivity (Wildman–Crippen MR) is 72.2 cm³/mol. The van der Waals surface area contributed by atoms with Gasteiger partial charge >= 0.3 is 5.97 Å². The number of hydrogen-bond acceptors (Lipinski definition) is 3. The van der Waals surface area contributed by atoms with Crippen molar-refractivity contribution in [1.82, 2.24) is 4.72 Å². The van der Waals surface area contributed by atoms with Gasteiger partial charge in [-0.15, -0.1) is 0 Å². The SMILES string of the molecule is CC(C)(C)C(CC(=O)O)NS(=O)(=O)c1cccc(F)c1. The molecule has 1 aromatic carbocycles. The number of halogens is 1. The van der Waals surface area contributed by atoms with Gasteiger partial charge in [0.1, 0.15) is 5.82 Å². The molecule has 0 heterocycles. The van der Waals surface area contributed by atoms with Crippen LogP contribution in [0.3, 0.4) is 0 Å². The van der Waals surface area contributed by atoms with E-state index in [9.17, 15) is 17.6 Å². The van der Waals surface area contributed by atoms with Crippen LogP contribution in [0.15, 0.2) is 29.2 Å². The third kappa shape index (κ3) is 4.57. The van der Waals surface area contributed by atoms with Gasteiger partial charge in [-0.2, -0.15) is 0 Å². The molecule has 0 spiro atoms. The maximum absolute atomic E-state index is 13.1. The minimum Gasteiger partial charge on any atom is -0.481 e. The first kappa shape index (κ1) is 16.6. The molecule has 0 fully saturated rings. The van der Waals surface area contributed by atoms with E-state index in [2.05, 4.69) is 4.72 Å². The number of carboxylic acids is 1. The van der Waals surface area contributed by atoms with Gasteiger partial charge in [0.25, 0.3) is 0 Å². The molecule has 7 heteroatoms. The molecule has 1 atom stereocenters. The van der Waals surface area contributed by atoms with Gasteiger partial charge in [0.05, 0.1) is 11.3 Å². The Morgan fingerprint density at radius 1 is 1.40 bits per heavy atom. The first-order chi connectivity index (χ1) is 9.02. The predicted octanol–water partition coefficient (Wildman–Crippen LogP) is 1.99.